The van der Waals surface area contributed by atoms with Gasteiger partial charge in [-0.1, -0.05) is 32.4 Å². The van der Waals surface area contributed by atoms with Crippen molar-refractivity contribution in [1.29, 1.82) is 0 Å². The Morgan fingerprint density at radius 2 is 2.08 bits per heavy atom. The normalized spacial score (nSPS) is 17.7. The van der Waals surface area contributed by atoms with Gasteiger partial charge in [-0.3, -0.25) is 4.79 Å². The van der Waals surface area contributed by atoms with Crippen LogP contribution >= 0.6 is 11.3 Å². The van der Waals surface area contributed by atoms with Gasteiger partial charge in [0, 0.05) is 17.7 Å². The summed E-state index contributed by atoms with van der Waals surface area (Å²) in [6, 6.07) is 6.64. The summed E-state index contributed by atoms with van der Waals surface area (Å²) in [5.41, 5.74) is 1.82. The average Bonchev–Trinajstić information content (AvgIpc) is 3.13. The smallest absolute Gasteiger partial charge is 0.230 e. The molecule has 0 aliphatic carbocycles. The van der Waals surface area contributed by atoms with Crippen LogP contribution in [-0.2, 0) is 27.6 Å². The van der Waals surface area contributed by atoms with Gasteiger partial charge >= 0.3 is 0 Å². The first-order valence-electron chi connectivity index (χ1n) is 8.59. The van der Waals surface area contributed by atoms with E-state index in [1.54, 1.807) is 12.1 Å². The first-order chi connectivity index (χ1) is 12.3. The van der Waals surface area contributed by atoms with Crippen LogP contribution in [0.5, 0.6) is 0 Å². The lowest BCUT2D eigenvalue weighted by molar-refractivity contribution is -0.115. The fraction of sp³-hybridized carbons (Fsp3) is 0.444. The number of thiazole rings is 1. The van der Waals surface area contributed by atoms with Gasteiger partial charge < -0.3 is 10.6 Å². The number of nitrogens with zero attached hydrogens (tertiary/aromatic N) is 1. The van der Waals surface area contributed by atoms with E-state index in [0.29, 0.717) is 11.0 Å². The number of fused-ring (bicyclic) bond motifs is 1. The lowest BCUT2D eigenvalue weighted by Gasteiger charge is -2.17. The molecule has 2 N–H and O–H groups in total. The van der Waals surface area contributed by atoms with Gasteiger partial charge in [-0.25, -0.2) is 13.4 Å². The third-order valence-corrected chi connectivity index (χ3v) is 6.80. The quantitative estimate of drug-likeness (QED) is 0.788. The van der Waals surface area contributed by atoms with Gasteiger partial charge in [-0.15, -0.1) is 11.3 Å². The van der Waals surface area contributed by atoms with Crippen molar-refractivity contribution in [2.45, 2.75) is 44.2 Å². The van der Waals surface area contributed by atoms with Crippen molar-refractivity contribution in [2.24, 2.45) is 5.92 Å². The van der Waals surface area contributed by atoms with E-state index < -0.39 is 9.84 Å². The summed E-state index contributed by atoms with van der Waals surface area (Å²) < 4.78 is 23.0. The summed E-state index contributed by atoms with van der Waals surface area (Å²) in [6.45, 7) is 5.16. The number of rotatable bonds is 6. The minimum atomic E-state index is -3.22. The monoisotopic (exact) mass is 393 g/mol. The molecule has 0 saturated heterocycles. The molecule has 0 spiro atoms. The van der Waals surface area contributed by atoms with Crippen LogP contribution in [0.1, 0.15) is 42.4 Å². The molecule has 1 aliphatic rings. The van der Waals surface area contributed by atoms with E-state index >= 15 is 0 Å². The molecule has 140 valence electrons. The molecule has 1 aliphatic heterocycles. The van der Waals surface area contributed by atoms with Gasteiger partial charge in [0.2, 0.25) is 5.91 Å². The zero-order valence-corrected chi connectivity index (χ0v) is 16.7. The molecule has 1 aromatic carbocycles. The lowest BCUT2D eigenvalue weighted by Crippen LogP contribution is -2.20. The molecule has 2 aromatic rings. The molecule has 8 heteroatoms. The number of nitrogens with one attached hydrogen (secondary N) is 2. The van der Waals surface area contributed by atoms with Crippen LogP contribution in [0.2, 0.25) is 0 Å². The fourth-order valence-electron chi connectivity index (χ4n) is 3.00. The van der Waals surface area contributed by atoms with E-state index in [-0.39, 0.29) is 23.3 Å². The number of benzene rings is 1. The van der Waals surface area contributed by atoms with Crippen LogP contribution in [0.3, 0.4) is 0 Å². The van der Waals surface area contributed by atoms with Crippen molar-refractivity contribution in [3.8, 4) is 0 Å². The molecule has 1 aromatic heterocycles. The maximum atomic E-state index is 12.3. The zero-order chi connectivity index (χ0) is 18.9. The highest BCUT2D eigenvalue weighted by atomic mass is 32.2. The van der Waals surface area contributed by atoms with Gasteiger partial charge in [0.25, 0.3) is 0 Å². The standard InChI is InChI=1S/C18H23N3O3S2/c1-4-11(2)16-17-14(10-19-16)25-18(21-17)20-15(22)9-12-5-7-13(8-6-12)26(3,23)24/h5-8,11,16,19H,4,9-10H2,1-3H3,(H,20,21,22)/t11-,16?/m0/s1. The number of hydrogen-bond donors (Lipinski definition) is 2. The van der Waals surface area contributed by atoms with Crippen molar-refractivity contribution in [2.75, 3.05) is 11.6 Å². The van der Waals surface area contributed by atoms with Gasteiger partial charge in [0.05, 0.1) is 23.1 Å². The molecule has 0 bridgehead atoms. The maximum absolute atomic E-state index is 12.3. The van der Waals surface area contributed by atoms with Gasteiger partial charge in [0.1, 0.15) is 0 Å². The second-order valence-electron chi connectivity index (χ2n) is 6.71. The molecule has 1 unspecified atom stereocenters. The van der Waals surface area contributed by atoms with Crippen molar-refractivity contribution < 1.29 is 13.2 Å². The van der Waals surface area contributed by atoms with Crippen molar-refractivity contribution in [3.63, 3.8) is 0 Å². The largest absolute Gasteiger partial charge is 0.303 e. The molecule has 0 fully saturated rings. The van der Waals surface area contributed by atoms with Crippen LogP contribution in [0.25, 0.3) is 0 Å². The fourth-order valence-corrected chi connectivity index (χ4v) is 4.60. The molecule has 3 rings (SSSR count). The number of anilines is 1. The van der Waals surface area contributed by atoms with E-state index in [4.69, 9.17) is 0 Å². The first kappa shape index (κ1) is 19.0. The molecule has 2 atom stereocenters. The molecule has 2 heterocycles. The van der Waals surface area contributed by atoms with Crippen molar-refractivity contribution in [3.05, 3.63) is 40.4 Å². The summed E-state index contributed by atoms with van der Waals surface area (Å²) in [4.78, 5) is 18.3. The SMILES string of the molecule is CC[C@H](C)C1NCc2sc(NC(=O)Cc3ccc(S(C)(=O)=O)cc3)nc21. The number of aromatic nitrogens is 1. The summed E-state index contributed by atoms with van der Waals surface area (Å²) >= 11 is 1.51. The molecular weight excluding hydrogens is 370 g/mol. The third kappa shape index (κ3) is 4.13. The molecule has 26 heavy (non-hydrogen) atoms. The minimum Gasteiger partial charge on any atom is -0.303 e. The van der Waals surface area contributed by atoms with Gasteiger partial charge in [-0.05, 0) is 23.6 Å². The Balaban J connectivity index is 1.64. The number of hydrogen-bond acceptors (Lipinski definition) is 6. The molecule has 0 radical (unpaired) electrons. The van der Waals surface area contributed by atoms with Crippen LogP contribution < -0.4 is 10.6 Å². The van der Waals surface area contributed by atoms with Crippen molar-refractivity contribution >= 4 is 32.2 Å². The Kier molecular flexibility index (Phi) is 5.45. The minimum absolute atomic E-state index is 0.155. The second kappa shape index (κ2) is 7.46. The highest BCUT2D eigenvalue weighted by Gasteiger charge is 2.30. The summed E-state index contributed by atoms with van der Waals surface area (Å²) in [5, 5.41) is 6.97. The number of amides is 1. The van der Waals surface area contributed by atoms with Crippen molar-refractivity contribution in [1.82, 2.24) is 10.3 Å². The van der Waals surface area contributed by atoms with E-state index in [9.17, 15) is 13.2 Å². The first-order valence-corrected chi connectivity index (χ1v) is 11.3. The second-order valence-corrected chi connectivity index (χ2v) is 9.81. The highest BCUT2D eigenvalue weighted by Crippen LogP contribution is 2.37. The highest BCUT2D eigenvalue weighted by molar-refractivity contribution is 7.90. The third-order valence-electron chi connectivity index (χ3n) is 4.68. The van der Waals surface area contributed by atoms with E-state index in [0.717, 1.165) is 30.5 Å². The lowest BCUT2D eigenvalue weighted by atomic mass is 9.98. The van der Waals surface area contributed by atoms with Gasteiger partial charge in [-0.2, -0.15) is 0 Å². The molecule has 1 amide bonds. The summed E-state index contributed by atoms with van der Waals surface area (Å²) in [7, 11) is -3.22. The van der Waals surface area contributed by atoms with E-state index in [1.807, 2.05) is 0 Å². The van der Waals surface area contributed by atoms with Crippen LogP contribution in [0, 0.1) is 5.92 Å². The Labute approximate surface area is 158 Å². The Morgan fingerprint density at radius 3 is 2.69 bits per heavy atom. The van der Waals surface area contributed by atoms with E-state index in [2.05, 4.69) is 29.5 Å². The Hall–Kier alpha value is -1.77. The molecular formula is C18H23N3O3S2. The van der Waals surface area contributed by atoms with Crippen LogP contribution in [0.4, 0.5) is 5.13 Å². The number of carbonyl (C=O) groups excluding carboxylic acids is 1. The number of sulfone groups is 1. The maximum Gasteiger partial charge on any atom is 0.230 e. The van der Waals surface area contributed by atoms with Crippen LogP contribution in [0.15, 0.2) is 29.2 Å². The van der Waals surface area contributed by atoms with Crippen LogP contribution in [-0.4, -0.2) is 25.6 Å². The molecule has 6 nitrogen and oxygen atoms in total. The molecule has 0 saturated carbocycles. The number of carbonyl (C=O) groups is 1. The van der Waals surface area contributed by atoms with Gasteiger partial charge in [0.15, 0.2) is 15.0 Å². The summed E-state index contributed by atoms with van der Waals surface area (Å²) in [5.74, 6) is 0.341. The predicted octanol–water partition coefficient (Wildman–Crippen LogP) is 2.92. The average molecular weight is 394 g/mol. The van der Waals surface area contributed by atoms with E-state index in [1.165, 1.54) is 28.3 Å². The topological polar surface area (TPSA) is 88.2 Å². The summed E-state index contributed by atoms with van der Waals surface area (Å²) in [6.07, 6.45) is 2.42. The Bertz CT molecular complexity index is 904. The zero-order valence-electron chi connectivity index (χ0n) is 15.1. The predicted molar refractivity (Wildman–Crippen MR) is 103 cm³/mol. The Morgan fingerprint density at radius 1 is 1.38 bits per heavy atom.